The van der Waals surface area contributed by atoms with E-state index in [0.29, 0.717) is 6.61 Å². The first-order valence-corrected chi connectivity index (χ1v) is 9.62. The molecule has 3 nitrogen and oxygen atoms in total. The van der Waals surface area contributed by atoms with Crippen LogP contribution in [0.15, 0.2) is 0 Å². The zero-order chi connectivity index (χ0) is 16.3. The zero-order valence-electron chi connectivity index (χ0n) is 14.9. The van der Waals surface area contributed by atoms with Crippen LogP contribution in [0.25, 0.3) is 0 Å². The fourth-order valence-corrected chi connectivity index (χ4v) is 2.84. The Morgan fingerprint density at radius 3 is 1.77 bits per heavy atom. The third kappa shape index (κ3) is 16.0. The average Bonchev–Trinajstić information content (AvgIpc) is 2.54. The molecular weight excluding hydrogens is 274 g/mol. The van der Waals surface area contributed by atoms with E-state index in [1.165, 1.54) is 77.3 Å². The van der Waals surface area contributed by atoms with E-state index >= 15 is 0 Å². The molecule has 0 aliphatic heterocycles. The van der Waals surface area contributed by atoms with Gasteiger partial charge in [0.1, 0.15) is 6.29 Å². The Bertz CT molecular complexity index is 221. The number of aliphatic hydroxyl groups excluding tert-OH is 1. The van der Waals surface area contributed by atoms with E-state index in [4.69, 9.17) is 5.11 Å². The highest BCUT2D eigenvalue weighted by Gasteiger charge is 2.04. The summed E-state index contributed by atoms with van der Waals surface area (Å²) in [5.41, 5.74) is 0. The summed E-state index contributed by atoms with van der Waals surface area (Å²) in [7, 11) is 0. The monoisotopic (exact) mass is 313 g/mol. The topological polar surface area (TPSA) is 40.5 Å². The summed E-state index contributed by atoms with van der Waals surface area (Å²) < 4.78 is 0. The Hall–Kier alpha value is -0.410. The van der Waals surface area contributed by atoms with Crippen LogP contribution in [0.4, 0.5) is 0 Å². The highest BCUT2D eigenvalue weighted by Crippen LogP contribution is 2.09. The van der Waals surface area contributed by atoms with Crippen molar-refractivity contribution >= 4 is 6.29 Å². The van der Waals surface area contributed by atoms with Gasteiger partial charge < -0.3 is 14.8 Å². The smallest absolute Gasteiger partial charge is 0.119 e. The van der Waals surface area contributed by atoms with Crippen molar-refractivity contribution < 1.29 is 9.90 Å². The second-order valence-electron chi connectivity index (χ2n) is 6.41. The second-order valence-corrected chi connectivity index (χ2v) is 6.41. The molecule has 0 aromatic heterocycles. The van der Waals surface area contributed by atoms with Gasteiger partial charge in [-0.15, -0.1) is 0 Å². The minimum absolute atomic E-state index is 0.304. The highest BCUT2D eigenvalue weighted by molar-refractivity contribution is 5.48. The summed E-state index contributed by atoms with van der Waals surface area (Å²) >= 11 is 0. The third-order valence-corrected chi connectivity index (χ3v) is 4.26. The van der Waals surface area contributed by atoms with Gasteiger partial charge in [-0.05, 0) is 38.8 Å². The molecule has 0 spiro atoms. The van der Waals surface area contributed by atoms with E-state index in [1.54, 1.807) is 0 Å². The molecule has 0 fully saturated rings. The predicted molar refractivity (Wildman–Crippen MR) is 95.3 cm³/mol. The molecule has 0 rings (SSSR count). The molecule has 0 aromatic carbocycles. The van der Waals surface area contributed by atoms with Crippen molar-refractivity contribution in [1.82, 2.24) is 4.90 Å². The van der Waals surface area contributed by atoms with Crippen LogP contribution in [-0.4, -0.2) is 42.5 Å². The van der Waals surface area contributed by atoms with Crippen molar-refractivity contribution in [2.45, 2.75) is 90.4 Å². The summed E-state index contributed by atoms with van der Waals surface area (Å²) in [5, 5.41) is 9.02. The quantitative estimate of drug-likeness (QED) is 0.298. The largest absolute Gasteiger partial charge is 0.396 e. The molecule has 0 atom stereocenters. The van der Waals surface area contributed by atoms with E-state index in [2.05, 4.69) is 11.8 Å². The molecule has 0 bridgehead atoms. The first-order valence-electron chi connectivity index (χ1n) is 9.62. The lowest BCUT2D eigenvalue weighted by Crippen LogP contribution is -2.27. The van der Waals surface area contributed by atoms with Crippen LogP contribution in [0, 0.1) is 0 Å². The Morgan fingerprint density at radius 1 is 0.727 bits per heavy atom. The van der Waals surface area contributed by atoms with Crippen molar-refractivity contribution in [1.29, 1.82) is 0 Å². The number of carbonyl (C=O) groups excluding carboxylic acids is 1. The fraction of sp³-hybridized carbons (Fsp3) is 0.947. The molecule has 0 aromatic rings. The Morgan fingerprint density at radius 2 is 1.23 bits per heavy atom. The molecule has 0 amide bonds. The summed E-state index contributed by atoms with van der Waals surface area (Å²) in [5.74, 6) is 0. The fourth-order valence-electron chi connectivity index (χ4n) is 2.84. The van der Waals surface area contributed by atoms with E-state index in [-0.39, 0.29) is 0 Å². The second kappa shape index (κ2) is 18.6. The molecular formula is C19H39NO2. The third-order valence-electron chi connectivity index (χ3n) is 4.26. The first kappa shape index (κ1) is 21.6. The Balaban J connectivity index is 3.58. The number of rotatable bonds is 18. The average molecular weight is 314 g/mol. The van der Waals surface area contributed by atoms with E-state index < -0.39 is 0 Å². The number of unbranched alkanes of at least 4 members (excludes halogenated alkanes) is 10. The number of nitrogens with zero attached hydrogens (tertiary/aromatic N) is 1. The van der Waals surface area contributed by atoms with Gasteiger partial charge in [0, 0.05) is 19.6 Å². The van der Waals surface area contributed by atoms with E-state index in [0.717, 1.165) is 32.1 Å². The van der Waals surface area contributed by atoms with Gasteiger partial charge in [-0.1, -0.05) is 58.3 Å². The van der Waals surface area contributed by atoms with Gasteiger partial charge in [0.25, 0.3) is 0 Å². The molecule has 22 heavy (non-hydrogen) atoms. The molecule has 0 heterocycles. The van der Waals surface area contributed by atoms with Crippen LogP contribution in [0.5, 0.6) is 0 Å². The van der Waals surface area contributed by atoms with Crippen LogP contribution < -0.4 is 0 Å². The van der Waals surface area contributed by atoms with Crippen LogP contribution in [0.1, 0.15) is 90.4 Å². The maximum atomic E-state index is 10.2. The van der Waals surface area contributed by atoms with Gasteiger partial charge in [0.05, 0.1) is 0 Å². The predicted octanol–water partition coefficient (Wildman–Crippen LogP) is 4.57. The standard InChI is InChI=1S/C19H39NO2/c1-2-3-4-5-8-11-15-20(17-14-19-22)16-12-9-6-7-10-13-18-21/h18,22H,2-17,19H2,1H3. The van der Waals surface area contributed by atoms with Gasteiger partial charge in [-0.2, -0.15) is 0 Å². The number of aldehydes is 1. The number of carbonyl (C=O) groups is 1. The number of hydrogen-bond acceptors (Lipinski definition) is 3. The van der Waals surface area contributed by atoms with Crippen LogP contribution in [-0.2, 0) is 4.79 Å². The first-order chi connectivity index (χ1) is 10.8. The lowest BCUT2D eigenvalue weighted by atomic mass is 10.1. The highest BCUT2D eigenvalue weighted by atomic mass is 16.3. The van der Waals surface area contributed by atoms with Crippen LogP contribution >= 0.6 is 0 Å². The summed E-state index contributed by atoms with van der Waals surface area (Å²) in [4.78, 5) is 12.8. The van der Waals surface area contributed by atoms with E-state index in [1.807, 2.05) is 0 Å². The van der Waals surface area contributed by atoms with Crippen LogP contribution in [0.3, 0.4) is 0 Å². The maximum Gasteiger partial charge on any atom is 0.119 e. The molecule has 0 radical (unpaired) electrons. The van der Waals surface area contributed by atoms with Crippen molar-refractivity contribution in [3.63, 3.8) is 0 Å². The summed E-state index contributed by atoms with van der Waals surface area (Å²) in [6.45, 7) is 5.96. The maximum absolute atomic E-state index is 10.2. The van der Waals surface area contributed by atoms with Crippen molar-refractivity contribution in [2.75, 3.05) is 26.2 Å². The molecule has 3 heteroatoms. The van der Waals surface area contributed by atoms with E-state index in [9.17, 15) is 4.79 Å². The Labute approximate surface area is 138 Å². The number of aliphatic hydroxyl groups is 1. The van der Waals surface area contributed by atoms with Gasteiger partial charge in [0.2, 0.25) is 0 Å². The molecule has 1 N–H and O–H groups in total. The lowest BCUT2D eigenvalue weighted by Gasteiger charge is -2.22. The van der Waals surface area contributed by atoms with Gasteiger partial charge in [0.15, 0.2) is 0 Å². The van der Waals surface area contributed by atoms with Gasteiger partial charge in [-0.25, -0.2) is 0 Å². The van der Waals surface area contributed by atoms with Crippen molar-refractivity contribution in [3.8, 4) is 0 Å². The molecule has 0 saturated heterocycles. The minimum atomic E-state index is 0.304. The summed E-state index contributed by atoms with van der Waals surface area (Å²) in [6.07, 6.45) is 16.7. The van der Waals surface area contributed by atoms with Gasteiger partial charge >= 0.3 is 0 Å². The van der Waals surface area contributed by atoms with Crippen molar-refractivity contribution in [2.24, 2.45) is 0 Å². The Kier molecular flexibility index (Phi) is 18.3. The molecule has 0 aliphatic carbocycles. The zero-order valence-corrected chi connectivity index (χ0v) is 14.9. The normalized spacial score (nSPS) is 11.2. The van der Waals surface area contributed by atoms with Crippen LogP contribution in [0.2, 0.25) is 0 Å². The van der Waals surface area contributed by atoms with Crippen molar-refractivity contribution in [3.05, 3.63) is 0 Å². The SMILES string of the molecule is CCCCCCCCN(CCCO)CCCCCCCC=O. The molecule has 0 aliphatic rings. The lowest BCUT2D eigenvalue weighted by molar-refractivity contribution is -0.107. The molecule has 132 valence electrons. The van der Waals surface area contributed by atoms with Gasteiger partial charge in [-0.3, -0.25) is 0 Å². The number of hydrogen-bond donors (Lipinski definition) is 1. The molecule has 0 unspecified atom stereocenters. The summed E-state index contributed by atoms with van der Waals surface area (Å²) in [6, 6.07) is 0. The molecule has 0 saturated carbocycles. The minimum Gasteiger partial charge on any atom is -0.396 e.